The lowest BCUT2D eigenvalue weighted by atomic mass is 9.99. The topological polar surface area (TPSA) is 110 Å². The molecule has 1 aromatic carbocycles. The second kappa shape index (κ2) is 6.26. The minimum Gasteiger partial charge on any atom is -0.469 e. The molecule has 0 radical (unpaired) electrons. The summed E-state index contributed by atoms with van der Waals surface area (Å²) in [6.45, 7) is 1.67. The third kappa shape index (κ3) is 3.73. The minimum absolute atomic E-state index is 0.0352. The fraction of sp³-hybridized carbons (Fsp3) is 0.417. The number of nitro groups is 1. The number of carbonyl (C=O) groups is 1. The standard InChI is InChI=1S/C12H15NO6/c1-7-3-4-8(9(5-7)13(17)18)12(16)10(14)6-11(15)19-2/h3-5,10,12,14,16H,6H2,1-2H3. The van der Waals surface area contributed by atoms with E-state index < -0.39 is 29.5 Å². The fourth-order valence-corrected chi connectivity index (χ4v) is 1.63. The summed E-state index contributed by atoms with van der Waals surface area (Å²) in [5.41, 5.74) is 0.327. The molecule has 0 aliphatic heterocycles. The molecule has 1 rings (SSSR count). The molecule has 2 N–H and O–H groups in total. The Bertz CT molecular complexity index is 487. The van der Waals surface area contributed by atoms with E-state index >= 15 is 0 Å². The van der Waals surface area contributed by atoms with Gasteiger partial charge >= 0.3 is 5.97 Å². The summed E-state index contributed by atoms with van der Waals surface area (Å²) in [5, 5.41) is 30.5. The van der Waals surface area contributed by atoms with E-state index in [0.29, 0.717) is 5.56 Å². The number of nitro benzene ring substituents is 1. The summed E-state index contributed by atoms with van der Waals surface area (Å²) >= 11 is 0. The maximum Gasteiger partial charge on any atom is 0.308 e. The molecule has 1 aromatic rings. The van der Waals surface area contributed by atoms with Gasteiger partial charge in [-0.05, 0) is 18.6 Å². The molecule has 7 nitrogen and oxygen atoms in total. The molecule has 0 aliphatic rings. The van der Waals surface area contributed by atoms with E-state index in [1.165, 1.54) is 12.1 Å². The molecule has 0 fully saturated rings. The number of ether oxygens (including phenoxy) is 1. The van der Waals surface area contributed by atoms with Crippen LogP contribution < -0.4 is 0 Å². The Morgan fingerprint density at radius 2 is 2.11 bits per heavy atom. The highest BCUT2D eigenvalue weighted by Gasteiger charge is 2.28. The van der Waals surface area contributed by atoms with Crippen molar-refractivity contribution >= 4 is 11.7 Å². The molecule has 0 aliphatic carbocycles. The lowest BCUT2D eigenvalue weighted by Gasteiger charge is -2.17. The van der Waals surface area contributed by atoms with Crippen LogP contribution in [-0.4, -0.2) is 34.3 Å². The van der Waals surface area contributed by atoms with Crippen LogP contribution in [0.5, 0.6) is 0 Å². The van der Waals surface area contributed by atoms with Gasteiger partial charge in [0.2, 0.25) is 0 Å². The Morgan fingerprint density at radius 3 is 2.63 bits per heavy atom. The van der Waals surface area contributed by atoms with Crippen molar-refractivity contribution in [2.24, 2.45) is 0 Å². The molecular weight excluding hydrogens is 254 g/mol. The molecule has 2 unspecified atom stereocenters. The van der Waals surface area contributed by atoms with Crippen molar-refractivity contribution in [2.75, 3.05) is 7.11 Å². The second-order valence-electron chi connectivity index (χ2n) is 4.11. The molecule has 0 amide bonds. The number of benzene rings is 1. The number of aliphatic hydroxyl groups excluding tert-OH is 2. The van der Waals surface area contributed by atoms with Gasteiger partial charge in [-0.1, -0.05) is 6.07 Å². The van der Waals surface area contributed by atoms with Gasteiger partial charge in [-0.15, -0.1) is 0 Å². The highest BCUT2D eigenvalue weighted by atomic mass is 16.6. The number of aliphatic hydroxyl groups is 2. The lowest BCUT2D eigenvalue weighted by molar-refractivity contribution is -0.386. The van der Waals surface area contributed by atoms with E-state index in [0.717, 1.165) is 7.11 Å². The number of esters is 1. The first-order valence-corrected chi connectivity index (χ1v) is 5.54. The van der Waals surface area contributed by atoms with Crippen LogP contribution in [0.25, 0.3) is 0 Å². The van der Waals surface area contributed by atoms with Crippen LogP contribution >= 0.6 is 0 Å². The monoisotopic (exact) mass is 269 g/mol. The minimum atomic E-state index is -1.53. The van der Waals surface area contributed by atoms with Gasteiger partial charge in [0.25, 0.3) is 5.69 Å². The Hall–Kier alpha value is -1.99. The average molecular weight is 269 g/mol. The van der Waals surface area contributed by atoms with Gasteiger partial charge in [-0.2, -0.15) is 0 Å². The van der Waals surface area contributed by atoms with Crippen LogP contribution in [0.1, 0.15) is 23.7 Å². The fourth-order valence-electron chi connectivity index (χ4n) is 1.63. The van der Waals surface area contributed by atoms with Gasteiger partial charge in [0, 0.05) is 6.07 Å². The first-order chi connectivity index (χ1) is 8.86. The third-order valence-electron chi connectivity index (χ3n) is 2.67. The number of rotatable bonds is 5. The van der Waals surface area contributed by atoms with Gasteiger partial charge in [0.1, 0.15) is 6.10 Å². The lowest BCUT2D eigenvalue weighted by Crippen LogP contribution is -2.23. The molecule has 2 atom stereocenters. The van der Waals surface area contributed by atoms with E-state index in [4.69, 9.17) is 0 Å². The van der Waals surface area contributed by atoms with Gasteiger partial charge in [0.05, 0.1) is 30.1 Å². The quantitative estimate of drug-likeness (QED) is 0.466. The van der Waals surface area contributed by atoms with Gasteiger partial charge in [0.15, 0.2) is 0 Å². The van der Waals surface area contributed by atoms with Gasteiger partial charge < -0.3 is 14.9 Å². The van der Waals surface area contributed by atoms with Crippen LogP contribution in [0.3, 0.4) is 0 Å². The summed E-state index contributed by atoms with van der Waals surface area (Å²) in [7, 11) is 1.15. The van der Waals surface area contributed by atoms with Crippen LogP contribution in [0, 0.1) is 17.0 Å². The van der Waals surface area contributed by atoms with Crippen molar-refractivity contribution in [2.45, 2.75) is 25.6 Å². The number of carbonyl (C=O) groups excluding carboxylic acids is 1. The van der Waals surface area contributed by atoms with Crippen molar-refractivity contribution in [1.82, 2.24) is 0 Å². The number of nitrogens with zero attached hydrogens (tertiary/aromatic N) is 1. The van der Waals surface area contributed by atoms with Crippen molar-refractivity contribution in [1.29, 1.82) is 0 Å². The van der Waals surface area contributed by atoms with Crippen LogP contribution in [0.2, 0.25) is 0 Å². The SMILES string of the molecule is COC(=O)CC(O)C(O)c1ccc(C)cc1[N+](=O)[O-]. The molecule has 0 saturated heterocycles. The first kappa shape index (κ1) is 15.1. The summed E-state index contributed by atoms with van der Waals surface area (Å²) in [6.07, 6.45) is -3.43. The molecule has 0 aromatic heterocycles. The van der Waals surface area contributed by atoms with E-state index in [1.807, 2.05) is 0 Å². The predicted molar refractivity (Wildman–Crippen MR) is 65.4 cm³/mol. The molecule has 19 heavy (non-hydrogen) atoms. The van der Waals surface area contributed by atoms with Crippen molar-refractivity contribution in [3.8, 4) is 0 Å². The maximum absolute atomic E-state index is 11.0. The molecule has 0 bridgehead atoms. The van der Waals surface area contributed by atoms with Gasteiger partial charge in [-0.25, -0.2) is 0 Å². The van der Waals surface area contributed by atoms with E-state index in [9.17, 15) is 25.1 Å². The molecule has 7 heteroatoms. The van der Waals surface area contributed by atoms with Crippen LogP contribution in [0.15, 0.2) is 18.2 Å². The maximum atomic E-state index is 11.0. The Kier molecular flexibility index (Phi) is 4.96. The molecule has 0 spiro atoms. The summed E-state index contributed by atoms with van der Waals surface area (Å²) in [4.78, 5) is 21.3. The van der Waals surface area contributed by atoms with E-state index in [2.05, 4.69) is 4.74 Å². The molecule has 104 valence electrons. The number of aryl methyl sites for hydroxylation is 1. The summed E-state index contributed by atoms with van der Waals surface area (Å²) < 4.78 is 4.36. The predicted octanol–water partition coefficient (Wildman–Crippen LogP) is 0.861. The largest absolute Gasteiger partial charge is 0.469 e. The second-order valence-corrected chi connectivity index (χ2v) is 4.11. The summed E-state index contributed by atoms with van der Waals surface area (Å²) in [5.74, 6) is -0.707. The van der Waals surface area contributed by atoms with Crippen molar-refractivity contribution < 1.29 is 24.7 Å². The number of methoxy groups -OCH3 is 1. The van der Waals surface area contributed by atoms with Gasteiger partial charge in [-0.3, -0.25) is 14.9 Å². The number of hydrogen-bond acceptors (Lipinski definition) is 6. The average Bonchev–Trinajstić information content (AvgIpc) is 2.37. The Labute approximate surface area is 109 Å². The zero-order chi connectivity index (χ0) is 14.6. The van der Waals surface area contributed by atoms with Crippen molar-refractivity contribution in [3.63, 3.8) is 0 Å². The summed E-state index contributed by atoms with van der Waals surface area (Å²) in [6, 6.07) is 4.23. The smallest absolute Gasteiger partial charge is 0.308 e. The number of hydrogen-bond donors (Lipinski definition) is 2. The Morgan fingerprint density at radius 1 is 1.47 bits per heavy atom. The Balaban J connectivity index is 3.01. The van der Waals surface area contributed by atoms with Crippen molar-refractivity contribution in [3.05, 3.63) is 39.4 Å². The highest BCUT2D eigenvalue weighted by Crippen LogP contribution is 2.29. The van der Waals surface area contributed by atoms with Crippen LogP contribution in [-0.2, 0) is 9.53 Å². The first-order valence-electron chi connectivity index (χ1n) is 5.54. The van der Waals surface area contributed by atoms with E-state index in [-0.39, 0.29) is 11.3 Å². The normalized spacial score (nSPS) is 13.7. The zero-order valence-corrected chi connectivity index (χ0v) is 10.6. The van der Waals surface area contributed by atoms with Crippen LogP contribution in [0.4, 0.5) is 5.69 Å². The molecule has 0 saturated carbocycles. The molecular formula is C12H15NO6. The van der Waals surface area contributed by atoms with E-state index in [1.54, 1.807) is 13.0 Å². The highest BCUT2D eigenvalue weighted by molar-refractivity contribution is 5.69. The molecule has 0 heterocycles. The third-order valence-corrected chi connectivity index (χ3v) is 2.67. The zero-order valence-electron chi connectivity index (χ0n) is 10.6.